The van der Waals surface area contributed by atoms with Crippen molar-refractivity contribution in [1.82, 2.24) is 0 Å². The third kappa shape index (κ3) is 2.46. The van der Waals surface area contributed by atoms with Gasteiger partial charge in [0.05, 0.1) is 13.2 Å². The Morgan fingerprint density at radius 1 is 1.20 bits per heavy atom. The number of allylic oxidation sites excluding steroid dienone is 1. The summed E-state index contributed by atoms with van der Waals surface area (Å²) in [6.45, 7) is 1.06. The first-order chi connectivity index (χ1) is 9.60. The standard InChI is InChI=1S/C15H15ClO4/c16-11-3-1-10(2-4-11)12-5-6-15(19-7-8-20-15)9-13(12)14(17)18/h1-4H,5-9H2,(H,17,18). The van der Waals surface area contributed by atoms with E-state index >= 15 is 0 Å². The van der Waals surface area contributed by atoms with Crippen LogP contribution >= 0.6 is 11.6 Å². The van der Waals surface area contributed by atoms with Crippen molar-refractivity contribution >= 4 is 23.1 Å². The number of benzene rings is 1. The van der Waals surface area contributed by atoms with Gasteiger partial charge in [0.25, 0.3) is 0 Å². The molecular formula is C15H15ClO4. The van der Waals surface area contributed by atoms with Crippen LogP contribution in [0.5, 0.6) is 0 Å². The summed E-state index contributed by atoms with van der Waals surface area (Å²) in [6, 6.07) is 7.26. The van der Waals surface area contributed by atoms with E-state index in [-0.39, 0.29) is 0 Å². The Morgan fingerprint density at radius 2 is 1.85 bits per heavy atom. The van der Waals surface area contributed by atoms with Gasteiger partial charge in [0.2, 0.25) is 0 Å². The molecule has 0 unspecified atom stereocenters. The van der Waals surface area contributed by atoms with Gasteiger partial charge in [-0.15, -0.1) is 0 Å². The van der Waals surface area contributed by atoms with E-state index in [9.17, 15) is 9.90 Å². The van der Waals surface area contributed by atoms with E-state index in [4.69, 9.17) is 21.1 Å². The number of carboxylic acids is 1. The third-order valence-corrected chi connectivity index (χ3v) is 4.08. The highest BCUT2D eigenvalue weighted by Gasteiger charge is 2.42. The Kier molecular flexibility index (Phi) is 3.54. The van der Waals surface area contributed by atoms with Crippen LogP contribution in [0.3, 0.4) is 0 Å². The molecule has 3 rings (SSSR count). The number of rotatable bonds is 2. The first-order valence-electron chi connectivity index (χ1n) is 6.59. The van der Waals surface area contributed by atoms with Gasteiger partial charge in [0.1, 0.15) is 0 Å². The normalized spacial score (nSPS) is 21.4. The Labute approximate surface area is 122 Å². The third-order valence-electron chi connectivity index (χ3n) is 3.83. The molecule has 0 amide bonds. The van der Waals surface area contributed by atoms with Crippen molar-refractivity contribution in [3.8, 4) is 0 Å². The summed E-state index contributed by atoms with van der Waals surface area (Å²) in [6.07, 6.45) is 1.60. The molecule has 1 aliphatic carbocycles. The first-order valence-corrected chi connectivity index (χ1v) is 6.97. The molecule has 0 radical (unpaired) electrons. The van der Waals surface area contributed by atoms with Gasteiger partial charge in [-0.1, -0.05) is 23.7 Å². The van der Waals surface area contributed by atoms with Crippen LogP contribution in [0.1, 0.15) is 24.8 Å². The van der Waals surface area contributed by atoms with Crippen LogP contribution in [0, 0.1) is 0 Å². The lowest BCUT2D eigenvalue weighted by Crippen LogP contribution is -2.35. The fourth-order valence-corrected chi connectivity index (χ4v) is 2.97. The first kappa shape index (κ1) is 13.6. The van der Waals surface area contributed by atoms with Crippen LogP contribution in [0.15, 0.2) is 29.8 Å². The van der Waals surface area contributed by atoms with Crippen molar-refractivity contribution in [3.63, 3.8) is 0 Å². The summed E-state index contributed by atoms with van der Waals surface area (Å²) >= 11 is 5.88. The van der Waals surface area contributed by atoms with Crippen LogP contribution in [0.4, 0.5) is 0 Å². The van der Waals surface area contributed by atoms with Crippen molar-refractivity contribution in [3.05, 3.63) is 40.4 Å². The highest BCUT2D eigenvalue weighted by atomic mass is 35.5. The molecule has 1 aromatic carbocycles. The number of ether oxygens (including phenoxy) is 2. The molecule has 1 spiro atoms. The molecule has 2 aliphatic rings. The van der Waals surface area contributed by atoms with Crippen LogP contribution in [-0.2, 0) is 14.3 Å². The lowest BCUT2D eigenvalue weighted by Gasteiger charge is -2.33. The van der Waals surface area contributed by atoms with Gasteiger partial charge in [0, 0.05) is 23.4 Å². The molecular weight excluding hydrogens is 280 g/mol. The predicted molar refractivity (Wildman–Crippen MR) is 74.5 cm³/mol. The Hall–Kier alpha value is -1.36. The van der Waals surface area contributed by atoms with Gasteiger partial charge in [-0.25, -0.2) is 4.79 Å². The Bertz CT molecular complexity index is 556. The molecule has 1 heterocycles. The van der Waals surface area contributed by atoms with Gasteiger partial charge in [0.15, 0.2) is 5.79 Å². The number of hydrogen-bond acceptors (Lipinski definition) is 3. The quantitative estimate of drug-likeness (QED) is 0.910. The second-order valence-electron chi connectivity index (χ2n) is 5.05. The van der Waals surface area contributed by atoms with Crippen LogP contribution < -0.4 is 0 Å². The second-order valence-corrected chi connectivity index (χ2v) is 5.49. The molecule has 1 aromatic rings. The zero-order valence-electron chi connectivity index (χ0n) is 10.9. The summed E-state index contributed by atoms with van der Waals surface area (Å²) in [5, 5.41) is 10.1. The Morgan fingerprint density at radius 3 is 2.45 bits per heavy atom. The van der Waals surface area contributed by atoms with Gasteiger partial charge in [-0.2, -0.15) is 0 Å². The minimum absolute atomic E-state index is 0.292. The highest BCUT2D eigenvalue weighted by molar-refractivity contribution is 6.30. The zero-order valence-corrected chi connectivity index (χ0v) is 11.7. The minimum atomic E-state index is -0.909. The smallest absolute Gasteiger partial charge is 0.332 e. The summed E-state index contributed by atoms with van der Waals surface area (Å²) in [5.74, 6) is -1.64. The topological polar surface area (TPSA) is 55.8 Å². The molecule has 0 bridgehead atoms. The average molecular weight is 295 g/mol. The molecule has 106 valence electrons. The van der Waals surface area contributed by atoms with E-state index in [1.165, 1.54) is 0 Å². The maximum Gasteiger partial charge on any atom is 0.332 e. The lowest BCUT2D eigenvalue weighted by atomic mass is 9.84. The van der Waals surface area contributed by atoms with Crippen molar-refractivity contribution < 1.29 is 19.4 Å². The van der Waals surface area contributed by atoms with Crippen LogP contribution in [-0.4, -0.2) is 30.1 Å². The van der Waals surface area contributed by atoms with Crippen molar-refractivity contribution in [2.24, 2.45) is 0 Å². The van der Waals surface area contributed by atoms with E-state index in [2.05, 4.69) is 0 Å². The SMILES string of the molecule is O=C(O)C1=C(c2ccc(Cl)cc2)CCC2(C1)OCCO2. The molecule has 0 aromatic heterocycles. The molecule has 20 heavy (non-hydrogen) atoms. The maximum atomic E-state index is 11.6. The van der Waals surface area contributed by atoms with Gasteiger partial charge in [-0.3, -0.25) is 0 Å². The summed E-state index contributed by atoms with van der Waals surface area (Å²) in [4.78, 5) is 11.6. The van der Waals surface area contributed by atoms with Gasteiger partial charge >= 0.3 is 5.97 Å². The monoisotopic (exact) mass is 294 g/mol. The molecule has 4 nitrogen and oxygen atoms in total. The number of halogens is 1. The fraction of sp³-hybridized carbons (Fsp3) is 0.400. The van der Waals surface area contributed by atoms with E-state index in [0.717, 1.165) is 11.1 Å². The van der Waals surface area contributed by atoms with Crippen molar-refractivity contribution in [2.45, 2.75) is 25.0 Å². The average Bonchev–Trinajstić information content (AvgIpc) is 2.88. The summed E-state index contributed by atoms with van der Waals surface area (Å²) in [7, 11) is 0. The van der Waals surface area contributed by atoms with E-state index in [1.54, 1.807) is 12.1 Å². The van der Waals surface area contributed by atoms with E-state index in [1.807, 2.05) is 12.1 Å². The minimum Gasteiger partial charge on any atom is -0.478 e. The summed E-state index contributed by atoms with van der Waals surface area (Å²) < 4.78 is 11.2. The molecule has 0 atom stereocenters. The predicted octanol–water partition coefficient (Wildman–Crippen LogP) is 3.11. The second kappa shape index (κ2) is 5.20. The van der Waals surface area contributed by atoms with Crippen molar-refractivity contribution in [1.29, 1.82) is 0 Å². The number of carbonyl (C=O) groups is 1. The number of carboxylic acid groups (broad SMARTS) is 1. The van der Waals surface area contributed by atoms with Crippen LogP contribution in [0.2, 0.25) is 5.02 Å². The molecule has 1 aliphatic heterocycles. The highest BCUT2D eigenvalue weighted by Crippen LogP contribution is 2.42. The maximum absolute atomic E-state index is 11.6. The summed E-state index contributed by atoms with van der Waals surface area (Å²) in [5.41, 5.74) is 2.12. The number of aliphatic carboxylic acids is 1. The molecule has 5 heteroatoms. The molecule has 1 fully saturated rings. The van der Waals surface area contributed by atoms with Crippen LogP contribution in [0.25, 0.3) is 5.57 Å². The fourth-order valence-electron chi connectivity index (χ4n) is 2.85. The van der Waals surface area contributed by atoms with Gasteiger partial charge < -0.3 is 14.6 Å². The molecule has 0 saturated carbocycles. The van der Waals surface area contributed by atoms with E-state index in [0.29, 0.717) is 43.1 Å². The molecule has 1 saturated heterocycles. The Balaban J connectivity index is 1.98. The van der Waals surface area contributed by atoms with E-state index < -0.39 is 11.8 Å². The van der Waals surface area contributed by atoms with Gasteiger partial charge in [-0.05, 0) is 29.7 Å². The zero-order chi connectivity index (χ0) is 14.2. The lowest BCUT2D eigenvalue weighted by molar-refractivity contribution is -0.165. The van der Waals surface area contributed by atoms with Crippen molar-refractivity contribution in [2.75, 3.05) is 13.2 Å². The molecule has 1 N–H and O–H groups in total. The largest absolute Gasteiger partial charge is 0.478 e. The number of hydrogen-bond donors (Lipinski definition) is 1.